The van der Waals surface area contributed by atoms with Crippen LogP contribution in [-0.4, -0.2) is 23.6 Å². The molecule has 1 N–H and O–H groups in total. The third-order valence-electron chi connectivity index (χ3n) is 2.31. The Balaban J connectivity index is 0.00000128. The molecule has 3 nitrogen and oxygen atoms in total. The van der Waals surface area contributed by atoms with Crippen molar-refractivity contribution in [3.05, 3.63) is 24.0 Å². The average molecular weight is 287 g/mol. The lowest BCUT2D eigenvalue weighted by molar-refractivity contribution is -0.0771. The first-order chi connectivity index (χ1) is 7.07. The van der Waals surface area contributed by atoms with Crippen molar-refractivity contribution in [3.63, 3.8) is 0 Å². The zero-order chi connectivity index (χ0) is 10.9. The van der Waals surface area contributed by atoms with E-state index in [1.54, 1.807) is 18.3 Å². The van der Waals surface area contributed by atoms with Gasteiger partial charge >= 0.3 is 0 Å². The van der Waals surface area contributed by atoms with Gasteiger partial charge in [-0.25, -0.2) is 8.78 Å². The van der Waals surface area contributed by atoms with Crippen LogP contribution in [0, 0.1) is 0 Å². The number of nitrogens with zero attached hydrogens (tertiary/aromatic N) is 1. The molecule has 0 aromatic carbocycles. The van der Waals surface area contributed by atoms with E-state index in [4.69, 9.17) is 4.74 Å². The van der Waals surface area contributed by atoms with E-state index < -0.39 is 12.0 Å². The van der Waals surface area contributed by atoms with Crippen LogP contribution in [0.25, 0.3) is 0 Å². The van der Waals surface area contributed by atoms with E-state index in [1.165, 1.54) is 0 Å². The van der Waals surface area contributed by atoms with Crippen LogP contribution in [0.1, 0.15) is 12.6 Å². The van der Waals surface area contributed by atoms with Crippen molar-refractivity contribution in [3.8, 4) is 5.75 Å². The maximum absolute atomic E-state index is 13.1. The highest BCUT2D eigenvalue weighted by Gasteiger charge is 2.37. The quantitative estimate of drug-likeness (QED) is 0.861. The molecule has 2 rings (SSSR count). The number of rotatable bonds is 1. The SMILES string of the molecule is CC(F)(F)[C@@H]1CNCc2ncccc2O1.Cl.Cl. The zero-order valence-electron chi connectivity index (χ0n) is 9.15. The highest BCUT2D eigenvalue weighted by Crippen LogP contribution is 2.26. The normalized spacial score (nSPS) is 18.9. The summed E-state index contributed by atoms with van der Waals surface area (Å²) in [4.78, 5) is 4.06. The van der Waals surface area contributed by atoms with Crippen LogP contribution in [0.3, 0.4) is 0 Å². The first kappa shape index (κ1) is 16.4. The van der Waals surface area contributed by atoms with E-state index in [0.717, 1.165) is 6.92 Å². The van der Waals surface area contributed by atoms with Gasteiger partial charge in [0.05, 0.1) is 5.69 Å². The Morgan fingerprint density at radius 1 is 1.47 bits per heavy atom. The Bertz CT molecular complexity index is 360. The van der Waals surface area contributed by atoms with Crippen LogP contribution in [0.4, 0.5) is 8.78 Å². The molecule has 0 bridgehead atoms. The summed E-state index contributed by atoms with van der Waals surface area (Å²) < 4.78 is 31.4. The van der Waals surface area contributed by atoms with Crippen molar-refractivity contribution in [2.75, 3.05) is 6.54 Å². The largest absolute Gasteiger partial charge is 0.481 e. The summed E-state index contributed by atoms with van der Waals surface area (Å²) in [5.74, 6) is -2.42. The molecule has 0 spiro atoms. The van der Waals surface area contributed by atoms with E-state index in [1.807, 2.05) is 0 Å². The fourth-order valence-corrected chi connectivity index (χ4v) is 1.46. The Labute approximate surface area is 111 Å². The molecule has 1 aliphatic heterocycles. The molecule has 1 aromatic heterocycles. The fraction of sp³-hybridized carbons (Fsp3) is 0.500. The van der Waals surface area contributed by atoms with Crippen molar-refractivity contribution < 1.29 is 13.5 Å². The second kappa shape index (κ2) is 6.33. The second-order valence-corrected chi connectivity index (χ2v) is 3.64. The molecule has 1 aliphatic rings. The van der Waals surface area contributed by atoms with Gasteiger partial charge in [-0.1, -0.05) is 0 Å². The number of aromatic nitrogens is 1. The highest BCUT2D eigenvalue weighted by atomic mass is 35.5. The van der Waals surface area contributed by atoms with E-state index in [0.29, 0.717) is 18.0 Å². The maximum Gasteiger partial charge on any atom is 0.282 e. The molecular formula is C10H14Cl2F2N2O. The zero-order valence-corrected chi connectivity index (χ0v) is 10.8. The van der Waals surface area contributed by atoms with Gasteiger partial charge in [-0.05, 0) is 12.1 Å². The van der Waals surface area contributed by atoms with Gasteiger partial charge in [-0.3, -0.25) is 4.98 Å². The molecule has 0 radical (unpaired) electrons. The molecule has 1 atom stereocenters. The lowest BCUT2D eigenvalue weighted by atomic mass is 10.2. The van der Waals surface area contributed by atoms with Crippen LogP contribution >= 0.6 is 24.8 Å². The first-order valence-electron chi connectivity index (χ1n) is 4.76. The third-order valence-corrected chi connectivity index (χ3v) is 2.31. The molecule has 17 heavy (non-hydrogen) atoms. The lowest BCUT2D eigenvalue weighted by Gasteiger charge is -2.22. The lowest BCUT2D eigenvalue weighted by Crippen LogP contribution is -2.42. The molecule has 0 saturated carbocycles. The van der Waals surface area contributed by atoms with E-state index in [9.17, 15) is 8.78 Å². The van der Waals surface area contributed by atoms with Crippen molar-refractivity contribution in [2.24, 2.45) is 0 Å². The van der Waals surface area contributed by atoms with Gasteiger partial charge in [0.1, 0.15) is 5.75 Å². The Morgan fingerprint density at radius 2 is 2.18 bits per heavy atom. The molecule has 0 fully saturated rings. The van der Waals surface area contributed by atoms with Crippen LogP contribution in [-0.2, 0) is 6.54 Å². The minimum absolute atomic E-state index is 0. The van der Waals surface area contributed by atoms with Crippen molar-refractivity contribution in [2.45, 2.75) is 25.5 Å². The first-order valence-corrected chi connectivity index (χ1v) is 4.76. The van der Waals surface area contributed by atoms with E-state index in [2.05, 4.69) is 10.3 Å². The molecule has 7 heteroatoms. The second-order valence-electron chi connectivity index (χ2n) is 3.64. The van der Waals surface area contributed by atoms with Gasteiger partial charge in [0.2, 0.25) is 0 Å². The Hall–Kier alpha value is -0.650. The molecule has 2 heterocycles. The molecule has 0 aliphatic carbocycles. The number of halogens is 4. The topological polar surface area (TPSA) is 34.2 Å². The molecular weight excluding hydrogens is 273 g/mol. The summed E-state index contributed by atoms with van der Waals surface area (Å²) in [6.07, 6.45) is 0.483. The molecule has 0 amide bonds. The third kappa shape index (κ3) is 3.94. The number of hydrogen-bond donors (Lipinski definition) is 1. The summed E-state index contributed by atoms with van der Waals surface area (Å²) in [5, 5.41) is 2.89. The van der Waals surface area contributed by atoms with Crippen LogP contribution in [0.5, 0.6) is 5.75 Å². The predicted octanol–water partition coefficient (Wildman–Crippen LogP) is 2.43. The number of ether oxygens (including phenoxy) is 1. The monoisotopic (exact) mass is 286 g/mol. The van der Waals surface area contributed by atoms with Gasteiger partial charge in [-0.15, -0.1) is 24.8 Å². The Kier molecular flexibility index (Phi) is 6.09. The van der Waals surface area contributed by atoms with Crippen molar-refractivity contribution in [1.82, 2.24) is 10.3 Å². The number of hydrogen-bond acceptors (Lipinski definition) is 3. The van der Waals surface area contributed by atoms with Gasteiger partial charge < -0.3 is 10.1 Å². The van der Waals surface area contributed by atoms with E-state index >= 15 is 0 Å². The van der Waals surface area contributed by atoms with Crippen LogP contribution in [0.2, 0.25) is 0 Å². The average Bonchev–Trinajstić information content (AvgIpc) is 2.38. The standard InChI is InChI=1S/C10H12F2N2O.2ClH/c1-10(11,12)9-6-13-5-7-8(15-9)3-2-4-14-7;;/h2-4,9,13H,5-6H2,1H3;2*1H/t9-;;/m0../s1. The fourth-order valence-electron chi connectivity index (χ4n) is 1.46. The smallest absolute Gasteiger partial charge is 0.282 e. The highest BCUT2D eigenvalue weighted by molar-refractivity contribution is 5.85. The summed E-state index contributed by atoms with van der Waals surface area (Å²) in [5.41, 5.74) is 0.671. The van der Waals surface area contributed by atoms with Crippen molar-refractivity contribution in [1.29, 1.82) is 0 Å². The van der Waals surface area contributed by atoms with Crippen LogP contribution in [0.15, 0.2) is 18.3 Å². The maximum atomic E-state index is 13.1. The van der Waals surface area contributed by atoms with Crippen LogP contribution < -0.4 is 10.1 Å². The summed E-state index contributed by atoms with van der Waals surface area (Å²) >= 11 is 0. The molecule has 0 saturated heterocycles. The number of nitrogens with one attached hydrogen (secondary N) is 1. The van der Waals surface area contributed by atoms with E-state index in [-0.39, 0.29) is 31.4 Å². The predicted molar refractivity (Wildman–Crippen MR) is 65.5 cm³/mol. The Morgan fingerprint density at radius 3 is 2.82 bits per heavy atom. The van der Waals surface area contributed by atoms with Gasteiger partial charge in [0.15, 0.2) is 6.10 Å². The number of pyridine rings is 1. The minimum Gasteiger partial charge on any atom is -0.481 e. The number of fused-ring (bicyclic) bond motifs is 1. The summed E-state index contributed by atoms with van der Waals surface area (Å²) in [6, 6.07) is 3.34. The summed E-state index contributed by atoms with van der Waals surface area (Å²) in [7, 11) is 0. The van der Waals surface area contributed by atoms with Gasteiger partial charge in [0, 0.05) is 26.2 Å². The van der Waals surface area contributed by atoms with Gasteiger partial charge in [0.25, 0.3) is 5.92 Å². The minimum atomic E-state index is -2.86. The summed E-state index contributed by atoms with van der Waals surface area (Å²) in [6.45, 7) is 1.45. The molecule has 1 aromatic rings. The molecule has 98 valence electrons. The van der Waals surface area contributed by atoms with Crippen molar-refractivity contribution >= 4 is 24.8 Å². The van der Waals surface area contributed by atoms with Gasteiger partial charge in [-0.2, -0.15) is 0 Å². The number of alkyl halides is 2. The molecule has 0 unspecified atom stereocenters.